The summed E-state index contributed by atoms with van der Waals surface area (Å²) >= 11 is 0. The van der Waals surface area contributed by atoms with Crippen molar-refractivity contribution in [2.75, 3.05) is 0 Å². The van der Waals surface area contributed by atoms with Gasteiger partial charge in [-0.15, -0.1) is 12.4 Å². The molecule has 0 aromatic carbocycles. The molecule has 0 bridgehead atoms. The van der Waals surface area contributed by atoms with Gasteiger partial charge in [-0.3, -0.25) is 0 Å². The van der Waals surface area contributed by atoms with Crippen LogP contribution in [-0.4, -0.2) is 38.3 Å². The summed E-state index contributed by atoms with van der Waals surface area (Å²) in [7, 11) is 0. The van der Waals surface area contributed by atoms with Gasteiger partial charge < -0.3 is 38.3 Å². The molecule has 0 heterocycles. The predicted molar refractivity (Wildman–Crippen MR) is 32.5 cm³/mol. The largest absolute Gasteiger partial charge is 0.412 e. The molecular formula is H15ClLaO7. The molecule has 0 unspecified atom stereocenters. The van der Waals surface area contributed by atoms with E-state index in [1.807, 2.05) is 0 Å². The Hall–Kier alpha value is 1.20. The molecule has 0 saturated carbocycles. The molecule has 0 aliphatic carbocycles. The molecule has 0 fully saturated rings. The first-order chi connectivity index (χ1) is 0. The maximum Gasteiger partial charge on any atom is 0 e. The fourth-order valence-corrected chi connectivity index (χ4v) is 0. The van der Waals surface area contributed by atoms with Gasteiger partial charge in [0.25, 0.3) is 0 Å². The minimum atomic E-state index is 0. The van der Waals surface area contributed by atoms with Crippen LogP contribution >= 0.6 is 12.4 Å². The van der Waals surface area contributed by atoms with Crippen molar-refractivity contribution in [1.29, 1.82) is 0 Å². The van der Waals surface area contributed by atoms with E-state index in [0.29, 0.717) is 0 Å². The topological polar surface area (TPSA) is 220 Å². The van der Waals surface area contributed by atoms with Gasteiger partial charge in [-0.05, 0) is 0 Å². The van der Waals surface area contributed by atoms with Crippen molar-refractivity contribution in [3.63, 3.8) is 0 Å². The summed E-state index contributed by atoms with van der Waals surface area (Å²) in [6.07, 6.45) is 0. The molecular weight excluding hydrogens is 286 g/mol. The average Bonchev–Trinajstić information content (AvgIpc) is 0. The Morgan fingerprint density at radius 2 is 0.333 bits per heavy atom. The zero-order valence-corrected chi connectivity index (χ0v) is 8.93. The number of hydrogen-bond donors (Lipinski definition) is 0. The third-order valence-electron chi connectivity index (χ3n) is 0. The van der Waals surface area contributed by atoms with Crippen LogP contribution in [0.3, 0.4) is 0 Å². The second-order valence-corrected chi connectivity index (χ2v) is 0. The molecule has 0 aromatic heterocycles. The predicted octanol–water partition coefficient (Wildman–Crippen LogP) is -5.35. The summed E-state index contributed by atoms with van der Waals surface area (Å²) in [5.41, 5.74) is 0. The minimum Gasteiger partial charge on any atom is -0.412 e. The Kier molecular flexibility index (Phi) is 28300. The fraction of sp³-hybridized carbons (Fsp3) is 0. The van der Waals surface area contributed by atoms with Crippen molar-refractivity contribution in [1.82, 2.24) is 0 Å². The van der Waals surface area contributed by atoms with Gasteiger partial charge in [-0.1, -0.05) is 0 Å². The van der Waals surface area contributed by atoms with Crippen LogP contribution < -0.4 is 0 Å². The summed E-state index contributed by atoms with van der Waals surface area (Å²) in [5.74, 6) is 0. The first kappa shape index (κ1) is 596. The Morgan fingerprint density at radius 1 is 0.333 bits per heavy atom. The fourth-order valence-electron chi connectivity index (χ4n) is 0. The summed E-state index contributed by atoms with van der Waals surface area (Å²) in [5, 5.41) is 0. The minimum absolute atomic E-state index is 0. The third-order valence-corrected chi connectivity index (χ3v) is 0. The molecule has 0 spiro atoms. The van der Waals surface area contributed by atoms with Crippen molar-refractivity contribution in [3.05, 3.63) is 0 Å². The van der Waals surface area contributed by atoms with Crippen LogP contribution in [0.15, 0.2) is 0 Å². The van der Waals surface area contributed by atoms with E-state index in [9.17, 15) is 0 Å². The van der Waals surface area contributed by atoms with E-state index < -0.39 is 0 Å². The smallest absolute Gasteiger partial charge is 0 e. The van der Waals surface area contributed by atoms with E-state index in [2.05, 4.69) is 0 Å². The van der Waals surface area contributed by atoms with E-state index in [0.717, 1.165) is 0 Å². The van der Waals surface area contributed by atoms with Crippen LogP contribution in [0, 0.1) is 35.6 Å². The van der Waals surface area contributed by atoms with Crippen LogP contribution in [0.25, 0.3) is 0 Å². The van der Waals surface area contributed by atoms with E-state index in [1.54, 1.807) is 0 Å². The molecule has 0 saturated heterocycles. The molecule has 0 aromatic rings. The summed E-state index contributed by atoms with van der Waals surface area (Å²) in [4.78, 5) is 0. The maximum atomic E-state index is 0. The first-order valence-corrected chi connectivity index (χ1v) is 0. The van der Waals surface area contributed by atoms with Gasteiger partial charge >= 0.3 is 0 Å². The van der Waals surface area contributed by atoms with Crippen LogP contribution in [-0.2, 0) is 0 Å². The number of halogens is 1. The molecule has 14 N–H and O–H groups in total. The Bertz CT molecular complexity index is 8.88. The molecule has 0 aliphatic heterocycles. The van der Waals surface area contributed by atoms with Crippen LogP contribution in [0.2, 0.25) is 0 Å². The van der Waals surface area contributed by atoms with Gasteiger partial charge in [0.05, 0.1) is 0 Å². The zero-order chi connectivity index (χ0) is 0. The van der Waals surface area contributed by atoms with Crippen molar-refractivity contribution >= 4 is 12.4 Å². The molecule has 0 rings (SSSR count). The van der Waals surface area contributed by atoms with Crippen molar-refractivity contribution in [2.45, 2.75) is 0 Å². The monoisotopic (exact) mass is 301 g/mol. The summed E-state index contributed by atoms with van der Waals surface area (Å²) in [6, 6.07) is 0. The van der Waals surface area contributed by atoms with E-state index >= 15 is 0 Å². The van der Waals surface area contributed by atoms with Crippen molar-refractivity contribution in [2.24, 2.45) is 0 Å². The normalized spacial score (nSPS) is 0. The van der Waals surface area contributed by atoms with Gasteiger partial charge in [0.15, 0.2) is 0 Å². The molecule has 0 aliphatic rings. The molecule has 7 nitrogen and oxygen atoms in total. The standard InChI is InChI=1S/ClH.La.7H2O/h1H;;7*1H2. The average molecular weight is 301 g/mol. The molecule has 9 heteroatoms. The Balaban J connectivity index is 0. The molecule has 67 valence electrons. The van der Waals surface area contributed by atoms with E-state index in [4.69, 9.17) is 0 Å². The van der Waals surface area contributed by atoms with Gasteiger partial charge in [-0.2, -0.15) is 0 Å². The number of rotatable bonds is 0. The van der Waals surface area contributed by atoms with Crippen molar-refractivity contribution in [3.8, 4) is 0 Å². The molecule has 9 heavy (non-hydrogen) atoms. The Labute approximate surface area is 86.0 Å². The summed E-state index contributed by atoms with van der Waals surface area (Å²) < 4.78 is 0. The van der Waals surface area contributed by atoms with Crippen molar-refractivity contribution < 1.29 is 73.9 Å². The van der Waals surface area contributed by atoms with Gasteiger partial charge in [-0.25, -0.2) is 0 Å². The molecule has 0 atom stereocenters. The van der Waals surface area contributed by atoms with Gasteiger partial charge in [0, 0.05) is 35.6 Å². The Morgan fingerprint density at radius 3 is 0.333 bits per heavy atom. The second-order valence-electron chi connectivity index (χ2n) is 0. The van der Waals surface area contributed by atoms with E-state index in [-0.39, 0.29) is 86.3 Å². The zero-order valence-electron chi connectivity index (χ0n) is 4.49. The van der Waals surface area contributed by atoms with Crippen LogP contribution in [0.4, 0.5) is 0 Å². The molecule has 0 amide bonds. The van der Waals surface area contributed by atoms with Gasteiger partial charge in [0.2, 0.25) is 0 Å². The quantitative estimate of drug-likeness (QED) is 0.408. The van der Waals surface area contributed by atoms with E-state index in [1.165, 1.54) is 0 Å². The SMILES string of the molecule is Cl.O.O.O.O.O.O.O.[La]. The third kappa shape index (κ3) is 329. The van der Waals surface area contributed by atoms with Crippen LogP contribution in [0.5, 0.6) is 0 Å². The second kappa shape index (κ2) is 427. The maximum absolute atomic E-state index is 0. The summed E-state index contributed by atoms with van der Waals surface area (Å²) in [6.45, 7) is 0. The first-order valence-electron chi connectivity index (χ1n) is 0. The number of hydrogen-bond acceptors (Lipinski definition) is 0. The van der Waals surface area contributed by atoms with Gasteiger partial charge in [0.1, 0.15) is 0 Å². The van der Waals surface area contributed by atoms with Crippen LogP contribution in [0.1, 0.15) is 0 Å². The molecule has 1 radical (unpaired) electrons.